The fraction of sp³-hybridized carbons (Fsp3) is 0.375. The summed E-state index contributed by atoms with van der Waals surface area (Å²) in [5.41, 5.74) is 0.0770. The average molecular weight is 233 g/mol. The van der Waals surface area contributed by atoms with Crippen LogP contribution in [0.1, 0.15) is 18.2 Å². The molecule has 3 N–H and O–H groups in total. The highest BCUT2D eigenvalue weighted by atomic mass is 35.5. The van der Waals surface area contributed by atoms with Gasteiger partial charge in [0.2, 0.25) is 0 Å². The lowest BCUT2D eigenvalue weighted by Gasteiger charge is -2.14. The van der Waals surface area contributed by atoms with Crippen LogP contribution < -0.4 is 0 Å². The largest absolute Gasteiger partial charge is 0.481 e. The molecule has 2 atom stereocenters. The lowest BCUT2D eigenvalue weighted by atomic mass is 10.1. The molecule has 1 aromatic rings. The van der Waals surface area contributed by atoms with E-state index in [0.29, 0.717) is 0 Å². The maximum absolute atomic E-state index is 10.3. The SMILES string of the molecule is O=C(O)CC(O)C(O)c1ccc(Cl)nn1. The van der Waals surface area contributed by atoms with Crippen molar-refractivity contribution in [3.63, 3.8) is 0 Å². The highest BCUT2D eigenvalue weighted by molar-refractivity contribution is 6.29. The Hall–Kier alpha value is -1.24. The summed E-state index contributed by atoms with van der Waals surface area (Å²) >= 11 is 5.47. The number of carbonyl (C=O) groups is 1. The van der Waals surface area contributed by atoms with Gasteiger partial charge in [-0.2, -0.15) is 5.10 Å². The Morgan fingerprint density at radius 3 is 2.53 bits per heavy atom. The van der Waals surface area contributed by atoms with Crippen molar-refractivity contribution in [1.29, 1.82) is 0 Å². The molecule has 0 aliphatic carbocycles. The first-order valence-electron chi connectivity index (χ1n) is 4.07. The zero-order valence-corrected chi connectivity index (χ0v) is 8.29. The summed E-state index contributed by atoms with van der Waals surface area (Å²) in [6, 6.07) is 2.76. The van der Waals surface area contributed by atoms with E-state index in [-0.39, 0.29) is 10.8 Å². The fourth-order valence-electron chi connectivity index (χ4n) is 0.972. The lowest BCUT2D eigenvalue weighted by molar-refractivity contribution is -0.141. The molecule has 0 aromatic carbocycles. The maximum atomic E-state index is 10.3. The normalized spacial score (nSPS) is 14.6. The van der Waals surface area contributed by atoms with Crippen molar-refractivity contribution in [2.24, 2.45) is 0 Å². The van der Waals surface area contributed by atoms with Gasteiger partial charge in [-0.15, -0.1) is 5.10 Å². The molecule has 0 aliphatic heterocycles. The van der Waals surface area contributed by atoms with Crippen LogP contribution in [0.25, 0.3) is 0 Å². The molecule has 0 saturated carbocycles. The first-order valence-corrected chi connectivity index (χ1v) is 4.45. The van der Waals surface area contributed by atoms with Crippen LogP contribution in [0.15, 0.2) is 12.1 Å². The Morgan fingerprint density at radius 1 is 1.40 bits per heavy atom. The van der Waals surface area contributed by atoms with Gasteiger partial charge in [-0.1, -0.05) is 11.6 Å². The average Bonchev–Trinajstić information content (AvgIpc) is 2.17. The first-order chi connectivity index (χ1) is 7.00. The number of rotatable bonds is 4. The predicted octanol–water partition coefficient (Wildman–Crippen LogP) is -0.001000. The van der Waals surface area contributed by atoms with Crippen LogP contribution in [0.3, 0.4) is 0 Å². The molecule has 1 aromatic heterocycles. The van der Waals surface area contributed by atoms with Gasteiger partial charge in [0.15, 0.2) is 5.15 Å². The van der Waals surface area contributed by atoms with Crippen molar-refractivity contribution >= 4 is 17.6 Å². The minimum atomic E-state index is -1.42. The van der Waals surface area contributed by atoms with E-state index in [1.165, 1.54) is 12.1 Å². The molecular formula is C8H9ClN2O4. The smallest absolute Gasteiger partial charge is 0.306 e. The fourth-order valence-corrected chi connectivity index (χ4v) is 1.07. The molecule has 82 valence electrons. The van der Waals surface area contributed by atoms with E-state index in [1.807, 2.05) is 0 Å². The van der Waals surface area contributed by atoms with Gasteiger partial charge in [0.05, 0.1) is 18.2 Å². The predicted molar refractivity (Wildman–Crippen MR) is 50.3 cm³/mol. The molecule has 1 heterocycles. The number of hydrogen-bond donors (Lipinski definition) is 3. The Morgan fingerprint density at radius 2 is 2.07 bits per heavy atom. The van der Waals surface area contributed by atoms with Crippen LogP contribution in [0.2, 0.25) is 5.15 Å². The minimum absolute atomic E-state index is 0.0770. The molecule has 0 radical (unpaired) electrons. The summed E-state index contributed by atoms with van der Waals surface area (Å²) in [6.45, 7) is 0. The van der Waals surface area contributed by atoms with E-state index < -0.39 is 24.6 Å². The zero-order chi connectivity index (χ0) is 11.4. The van der Waals surface area contributed by atoms with E-state index in [4.69, 9.17) is 16.7 Å². The number of aromatic nitrogens is 2. The van der Waals surface area contributed by atoms with E-state index in [2.05, 4.69) is 10.2 Å². The number of aliphatic hydroxyl groups excluding tert-OH is 2. The molecule has 7 heteroatoms. The van der Waals surface area contributed by atoms with Crippen molar-refractivity contribution in [3.8, 4) is 0 Å². The molecule has 0 saturated heterocycles. The Kier molecular flexibility index (Phi) is 3.96. The summed E-state index contributed by atoms with van der Waals surface area (Å²) < 4.78 is 0. The van der Waals surface area contributed by atoms with Crippen LogP contribution in [0.4, 0.5) is 0 Å². The Bertz CT molecular complexity index is 343. The van der Waals surface area contributed by atoms with Gasteiger partial charge in [-0.3, -0.25) is 4.79 Å². The van der Waals surface area contributed by atoms with Crippen LogP contribution in [0.5, 0.6) is 0 Å². The summed E-state index contributed by atoms with van der Waals surface area (Å²) in [6.07, 6.45) is -3.37. The van der Waals surface area contributed by atoms with Crippen LogP contribution >= 0.6 is 11.6 Å². The van der Waals surface area contributed by atoms with Gasteiger partial charge in [0.25, 0.3) is 0 Å². The van der Waals surface area contributed by atoms with Crippen LogP contribution in [-0.2, 0) is 4.79 Å². The third-order valence-corrected chi connectivity index (χ3v) is 1.91. The van der Waals surface area contributed by atoms with Gasteiger partial charge in [-0.25, -0.2) is 0 Å². The lowest BCUT2D eigenvalue weighted by Crippen LogP contribution is -2.22. The molecule has 0 fully saturated rings. The number of carboxylic acid groups (broad SMARTS) is 1. The van der Waals surface area contributed by atoms with Crippen molar-refractivity contribution in [2.45, 2.75) is 18.6 Å². The van der Waals surface area contributed by atoms with E-state index in [9.17, 15) is 15.0 Å². The van der Waals surface area contributed by atoms with E-state index in [1.54, 1.807) is 0 Å². The topological polar surface area (TPSA) is 104 Å². The first kappa shape index (κ1) is 11.8. The highest BCUT2D eigenvalue weighted by Gasteiger charge is 2.22. The van der Waals surface area contributed by atoms with Crippen molar-refractivity contribution in [2.75, 3.05) is 0 Å². The summed E-state index contributed by atoms with van der Waals surface area (Å²) in [5.74, 6) is -1.21. The molecule has 1 rings (SSSR count). The number of halogens is 1. The second-order valence-electron chi connectivity index (χ2n) is 2.89. The van der Waals surface area contributed by atoms with Crippen LogP contribution in [-0.4, -0.2) is 37.6 Å². The molecule has 0 aliphatic rings. The summed E-state index contributed by atoms with van der Waals surface area (Å²) in [5, 5.41) is 34.3. The minimum Gasteiger partial charge on any atom is -0.481 e. The third kappa shape index (κ3) is 3.43. The van der Waals surface area contributed by atoms with Crippen molar-refractivity contribution in [3.05, 3.63) is 23.0 Å². The molecule has 6 nitrogen and oxygen atoms in total. The molecular weight excluding hydrogens is 224 g/mol. The van der Waals surface area contributed by atoms with Gasteiger partial charge in [0, 0.05) is 0 Å². The standard InChI is InChI=1S/C8H9ClN2O4/c9-6-2-1-4(10-11-6)8(15)5(12)3-7(13)14/h1-2,5,8,12,15H,3H2,(H,13,14). The third-order valence-electron chi connectivity index (χ3n) is 1.70. The highest BCUT2D eigenvalue weighted by Crippen LogP contribution is 2.17. The van der Waals surface area contributed by atoms with E-state index >= 15 is 0 Å². The van der Waals surface area contributed by atoms with Crippen molar-refractivity contribution in [1.82, 2.24) is 10.2 Å². The van der Waals surface area contributed by atoms with Gasteiger partial charge >= 0.3 is 5.97 Å². The summed E-state index contributed by atoms with van der Waals surface area (Å²) in [7, 11) is 0. The number of aliphatic hydroxyl groups is 2. The Balaban J connectivity index is 2.71. The van der Waals surface area contributed by atoms with Gasteiger partial charge < -0.3 is 15.3 Å². The number of aliphatic carboxylic acids is 1. The molecule has 0 amide bonds. The molecule has 2 unspecified atom stereocenters. The number of carboxylic acids is 1. The quantitative estimate of drug-likeness (QED) is 0.675. The van der Waals surface area contributed by atoms with Crippen LogP contribution in [0, 0.1) is 0 Å². The van der Waals surface area contributed by atoms with Crippen molar-refractivity contribution < 1.29 is 20.1 Å². The monoisotopic (exact) mass is 232 g/mol. The molecule has 15 heavy (non-hydrogen) atoms. The Labute approximate surface area is 90.1 Å². The molecule has 0 bridgehead atoms. The van der Waals surface area contributed by atoms with Gasteiger partial charge in [-0.05, 0) is 12.1 Å². The zero-order valence-electron chi connectivity index (χ0n) is 7.54. The van der Waals surface area contributed by atoms with Gasteiger partial charge in [0.1, 0.15) is 6.10 Å². The number of nitrogens with zero attached hydrogens (tertiary/aromatic N) is 2. The second-order valence-corrected chi connectivity index (χ2v) is 3.28. The maximum Gasteiger partial charge on any atom is 0.306 e. The van der Waals surface area contributed by atoms with E-state index in [0.717, 1.165) is 0 Å². The second kappa shape index (κ2) is 5.01. The number of hydrogen-bond acceptors (Lipinski definition) is 5. The summed E-state index contributed by atoms with van der Waals surface area (Å²) in [4.78, 5) is 10.3. The molecule has 0 spiro atoms.